The summed E-state index contributed by atoms with van der Waals surface area (Å²) in [7, 11) is 3.66. The van der Waals surface area contributed by atoms with E-state index in [2.05, 4.69) is 20.4 Å². The molecule has 0 unspecified atom stereocenters. The van der Waals surface area contributed by atoms with Gasteiger partial charge in [-0.1, -0.05) is 6.07 Å². The smallest absolute Gasteiger partial charge is 0.323 e. The zero-order valence-electron chi connectivity index (χ0n) is 10.1. The van der Waals surface area contributed by atoms with Crippen molar-refractivity contribution in [1.82, 2.24) is 15.0 Å². The molecule has 8 heteroatoms. The molecule has 18 heavy (non-hydrogen) atoms. The van der Waals surface area contributed by atoms with Gasteiger partial charge in [-0.3, -0.25) is 5.43 Å². The molecule has 0 atom stereocenters. The van der Waals surface area contributed by atoms with Gasteiger partial charge in [0.1, 0.15) is 6.61 Å². The molecule has 7 nitrogen and oxygen atoms in total. The van der Waals surface area contributed by atoms with Crippen molar-refractivity contribution in [2.75, 3.05) is 24.4 Å². The molecule has 0 aromatic carbocycles. The Labute approximate surface area is 109 Å². The average molecular weight is 266 g/mol. The maximum atomic E-state index is 5.51. The number of ether oxygens (including phenoxy) is 1. The molecular weight excluding hydrogens is 252 g/mol. The fraction of sp³-hybridized carbons (Fsp3) is 0.300. The lowest BCUT2D eigenvalue weighted by atomic mass is 10.5. The summed E-state index contributed by atoms with van der Waals surface area (Å²) in [5, 5.41) is 1.99. The molecule has 0 fully saturated rings. The van der Waals surface area contributed by atoms with Crippen LogP contribution in [0.4, 0.5) is 11.9 Å². The van der Waals surface area contributed by atoms with Gasteiger partial charge in [0, 0.05) is 19.0 Å². The number of nitrogens with one attached hydrogen (secondary N) is 1. The summed E-state index contributed by atoms with van der Waals surface area (Å²) in [6.45, 7) is 0.429. The van der Waals surface area contributed by atoms with Crippen molar-refractivity contribution in [3.8, 4) is 6.01 Å². The van der Waals surface area contributed by atoms with Crippen LogP contribution in [0.15, 0.2) is 17.5 Å². The minimum absolute atomic E-state index is 0.245. The molecular formula is C10H14N6OS. The molecule has 96 valence electrons. The zero-order chi connectivity index (χ0) is 13.0. The number of hydrazine groups is 1. The molecule has 0 aliphatic rings. The van der Waals surface area contributed by atoms with Crippen molar-refractivity contribution < 1.29 is 4.74 Å². The Balaban J connectivity index is 2.13. The number of nitrogen functional groups attached to an aromatic ring is 1. The molecule has 0 saturated carbocycles. The highest BCUT2D eigenvalue weighted by Crippen LogP contribution is 2.15. The van der Waals surface area contributed by atoms with E-state index in [-0.39, 0.29) is 12.0 Å². The maximum Gasteiger partial charge on any atom is 0.323 e. The third-order valence-corrected chi connectivity index (χ3v) is 2.91. The summed E-state index contributed by atoms with van der Waals surface area (Å²) in [6, 6.07) is 4.20. The molecule has 2 aromatic heterocycles. The van der Waals surface area contributed by atoms with E-state index < -0.39 is 0 Å². The molecule has 3 N–H and O–H groups in total. The van der Waals surface area contributed by atoms with E-state index in [0.717, 1.165) is 4.88 Å². The number of nitrogens with two attached hydrogens (primary N) is 1. The van der Waals surface area contributed by atoms with Gasteiger partial charge in [-0.15, -0.1) is 11.3 Å². The molecule has 0 bridgehead atoms. The summed E-state index contributed by atoms with van der Waals surface area (Å²) >= 11 is 1.62. The van der Waals surface area contributed by atoms with Crippen molar-refractivity contribution in [3.63, 3.8) is 0 Å². The van der Waals surface area contributed by atoms with E-state index in [1.54, 1.807) is 16.2 Å². The summed E-state index contributed by atoms with van der Waals surface area (Å²) in [4.78, 5) is 15.1. The van der Waals surface area contributed by atoms with Gasteiger partial charge in [-0.25, -0.2) is 5.84 Å². The van der Waals surface area contributed by atoms with Crippen LogP contribution in [0.2, 0.25) is 0 Å². The predicted octanol–water partition coefficient (Wildman–Crippen LogP) is 0.864. The van der Waals surface area contributed by atoms with E-state index in [9.17, 15) is 0 Å². The van der Waals surface area contributed by atoms with Crippen LogP contribution in [0, 0.1) is 0 Å². The molecule has 0 aliphatic heterocycles. The Bertz CT molecular complexity index is 501. The second-order valence-corrected chi connectivity index (χ2v) is 4.68. The Morgan fingerprint density at radius 1 is 1.39 bits per heavy atom. The van der Waals surface area contributed by atoms with Crippen molar-refractivity contribution in [2.45, 2.75) is 6.61 Å². The van der Waals surface area contributed by atoms with E-state index in [1.165, 1.54) is 0 Å². The molecule has 0 saturated heterocycles. The average Bonchev–Trinajstić information content (AvgIpc) is 2.89. The summed E-state index contributed by atoms with van der Waals surface area (Å²) in [5.74, 6) is 6.06. The lowest BCUT2D eigenvalue weighted by Crippen LogP contribution is -2.18. The quantitative estimate of drug-likeness (QED) is 0.613. The molecule has 2 aromatic rings. The van der Waals surface area contributed by atoms with E-state index >= 15 is 0 Å². The van der Waals surface area contributed by atoms with Crippen LogP contribution in [0.1, 0.15) is 4.88 Å². The molecule has 0 amide bonds. The molecule has 2 heterocycles. The summed E-state index contributed by atoms with van der Waals surface area (Å²) < 4.78 is 5.51. The van der Waals surface area contributed by atoms with Gasteiger partial charge in [0.15, 0.2) is 0 Å². The minimum Gasteiger partial charge on any atom is -0.458 e. The topological polar surface area (TPSA) is 89.2 Å². The first-order chi connectivity index (χ1) is 8.69. The van der Waals surface area contributed by atoms with Gasteiger partial charge in [0.25, 0.3) is 0 Å². The first-order valence-corrected chi connectivity index (χ1v) is 6.12. The van der Waals surface area contributed by atoms with Gasteiger partial charge in [0.05, 0.1) is 0 Å². The molecule has 0 radical (unpaired) electrons. The zero-order valence-corrected chi connectivity index (χ0v) is 10.9. The van der Waals surface area contributed by atoms with Gasteiger partial charge >= 0.3 is 6.01 Å². The van der Waals surface area contributed by atoms with Gasteiger partial charge in [-0.2, -0.15) is 15.0 Å². The number of anilines is 2. The normalized spacial score (nSPS) is 10.2. The number of hydrogen-bond donors (Lipinski definition) is 2. The van der Waals surface area contributed by atoms with Crippen LogP contribution in [-0.2, 0) is 6.61 Å². The molecule has 0 aliphatic carbocycles. The Morgan fingerprint density at radius 2 is 2.22 bits per heavy atom. The first kappa shape index (κ1) is 12.5. The largest absolute Gasteiger partial charge is 0.458 e. The number of hydrogen-bond acceptors (Lipinski definition) is 8. The van der Waals surface area contributed by atoms with Crippen molar-refractivity contribution >= 4 is 23.2 Å². The van der Waals surface area contributed by atoms with Gasteiger partial charge in [0.2, 0.25) is 11.9 Å². The van der Waals surface area contributed by atoms with Crippen molar-refractivity contribution in [2.24, 2.45) is 5.84 Å². The van der Waals surface area contributed by atoms with Crippen LogP contribution >= 0.6 is 11.3 Å². The van der Waals surface area contributed by atoms with Crippen LogP contribution in [0.5, 0.6) is 6.01 Å². The van der Waals surface area contributed by atoms with Crippen LogP contribution < -0.4 is 20.9 Å². The fourth-order valence-corrected chi connectivity index (χ4v) is 1.82. The lowest BCUT2D eigenvalue weighted by Gasteiger charge is -2.12. The Morgan fingerprint density at radius 3 is 2.83 bits per heavy atom. The number of thiophene rings is 1. The van der Waals surface area contributed by atoms with E-state index in [0.29, 0.717) is 12.6 Å². The maximum absolute atomic E-state index is 5.51. The third kappa shape index (κ3) is 3.05. The SMILES string of the molecule is CN(C)c1nc(NN)nc(OCc2cccs2)n1. The fourth-order valence-electron chi connectivity index (χ4n) is 1.21. The van der Waals surface area contributed by atoms with E-state index in [4.69, 9.17) is 10.6 Å². The van der Waals surface area contributed by atoms with Gasteiger partial charge < -0.3 is 9.64 Å². The van der Waals surface area contributed by atoms with Crippen LogP contribution in [0.25, 0.3) is 0 Å². The Kier molecular flexibility index (Phi) is 3.90. The van der Waals surface area contributed by atoms with Crippen LogP contribution in [-0.4, -0.2) is 29.0 Å². The minimum atomic E-state index is 0.245. The molecule has 2 rings (SSSR count). The number of aromatic nitrogens is 3. The highest BCUT2D eigenvalue weighted by Gasteiger charge is 2.08. The van der Waals surface area contributed by atoms with Crippen molar-refractivity contribution in [1.29, 1.82) is 0 Å². The predicted molar refractivity (Wildman–Crippen MR) is 70.6 cm³/mol. The summed E-state index contributed by atoms with van der Waals surface area (Å²) in [6.07, 6.45) is 0. The van der Waals surface area contributed by atoms with Gasteiger partial charge in [-0.05, 0) is 11.4 Å². The van der Waals surface area contributed by atoms with Crippen LogP contribution in [0.3, 0.4) is 0 Å². The lowest BCUT2D eigenvalue weighted by molar-refractivity contribution is 0.283. The monoisotopic (exact) mass is 266 g/mol. The third-order valence-electron chi connectivity index (χ3n) is 2.06. The second kappa shape index (κ2) is 5.61. The summed E-state index contributed by atoms with van der Waals surface area (Å²) in [5.41, 5.74) is 2.39. The van der Waals surface area contributed by atoms with Crippen molar-refractivity contribution in [3.05, 3.63) is 22.4 Å². The molecule has 0 spiro atoms. The highest BCUT2D eigenvalue weighted by molar-refractivity contribution is 7.09. The number of nitrogens with zero attached hydrogens (tertiary/aromatic N) is 4. The standard InChI is InChI=1S/C10H14N6OS/c1-16(2)9-12-8(15-11)13-10(14-9)17-6-7-4-3-5-18-7/h3-5H,6,11H2,1-2H3,(H,12,13,14,15). The highest BCUT2D eigenvalue weighted by atomic mass is 32.1. The van der Waals surface area contributed by atoms with E-state index in [1.807, 2.05) is 31.6 Å². The Hall–Kier alpha value is -1.93. The number of rotatable bonds is 5. The first-order valence-electron chi connectivity index (χ1n) is 5.24. The second-order valence-electron chi connectivity index (χ2n) is 3.65.